The lowest BCUT2D eigenvalue weighted by Gasteiger charge is -2.26. The van der Waals surface area contributed by atoms with Gasteiger partial charge in [-0.15, -0.1) is 0 Å². The van der Waals surface area contributed by atoms with Crippen LogP contribution in [0.2, 0.25) is 0 Å². The third kappa shape index (κ3) is 2.40. The molecule has 1 rings (SSSR count). The maximum atomic E-state index is 10.3. The molecule has 1 nitrogen and oxygen atoms in total. The van der Waals surface area contributed by atoms with Gasteiger partial charge in [0.15, 0.2) is 0 Å². The van der Waals surface area contributed by atoms with E-state index in [2.05, 4.69) is 32.0 Å². The van der Waals surface area contributed by atoms with E-state index in [1.807, 2.05) is 13.8 Å². The highest BCUT2D eigenvalue weighted by Gasteiger charge is 2.23. The van der Waals surface area contributed by atoms with E-state index >= 15 is 0 Å². The van der Waals surface area contributed by atoms with E-state index in [0.29, 0.717) is 0 Å². The van der Waals surface area contributed by atoms with Crippen LogP contribution in [0.1, 0.15) is 50.8 Å². The van der Waals surface area contributed by atoms with Crippen molar-refractivity contribution in [3.8, 4) is 0 Å². The Bertz CT molecular complexity index is 326. The van der Waals surface area contributed by atoms with Gasteiger partial charge in [0.2, 0.25) is 0 Å². The van der Waals surface area contributed by atoms with Crippen LogP contribution in [0.5, 0.6) is 0 Å². The number of rotatable bonds is 4. The average molecular weight is 206 g/mol. The minimum Gasteiger partial charge on any atom is -0.385 e. The van der Waals surface area contributed by atoms with E-state index in [9.17, 15) is 5.11 Å². The molecule has 84 valence electrons. The molecule has 0 fully saturated rings. The number of aliphatic hydroxyl groups is 1. The van der Waals surface area contributed by atoms with Gasteiger partial charge >= 0.3 is 0 Å². The van der Waals surface area contributed by atoms with Crippen LogP contribution in [0, 0.1) is 0 Å². The van der Waals surface area contributed by atoms with Gasteiger partial charge < -0.3 is 5.11 Å². The zero-order chi connectivity index (χ0) is 11.5. The Balaban J connectivity index is 3.29. The molecule has 1 unspecified atom stereocenters. The minimum atomic E-state index is -0.684. The summed E-state index contributed by atoms with van der Waals surface area (Å²) in [5.74, 6) is 0. The molecule has 0 amide bonds. The first-order valence-corrected chi connectivity index (χ1v) is 5.90. The van der Waals surface area contributed by atoms with Gasteiger partial charge in [-0.1, -0.05) is 39.0 Å². The molecule has 1 aromatic carbocycles. The molecule has 15 heavy (non-hydrogen) atoms. The molecule has 0 heterocycles. The van der Waals surface area contributed by atoms with Gasteiger partial charge in [-0.2, -0.15) is 0 Å². The predicted molar refractivity (Wildman–Crippen MR) is 65.1 cm³/mol. The molecule has 0 saturated carbocycles. The second-order valence-electron chi connectivity index (χ2n) is 4.28. The van der Waals surface area contributed by atoms with E-state index in [1.54, 1.807) is 0 Å². The van der Waals surface area contributed by atoms with E-state index in [1.165, 1.54) is 11.1 Å². The normalized spacial score (nSPS) is 15.0. The summed E-state index contributed by atoms with van der Waals surface area (Å²) in [5.41, 5.74) is 3.11. The molecule has 0 radical (unpaired) electrons. The van der Waals surface area contributed by atoms with Crippen LogP contribution in [-0.4, -0.2) is 5.11 Å². The minimum absolute atomic E-state index is 0.684. The number of hydrogen-bond acceptors (Lipinski definition) is 1. The molecule has 0 spiro atoms. The van der Waals surface area contributed by atoms with Crippen molar-refractivity contribution in [3.05, 3.63) is 34.9 Å². The van der Waals surface area contributed by atoms with Gasteiger partial charge in [-0.3, -0.25) is 0 Å². The standard InChI is InChI=1S/C14H22O/c1-5-11-9-8-10-13(12(11)6-2)14(4,15)7-3/h8-10,15H,5-7H2,1-4H3. The molecule has 0 saturated heterocycles. The van der Waals surface area contributed by atoms with Crippen molar-refractivity contribution in [2.75, 3.05) is 0 Å². The van der Waals surface area contributed by atoms with Gasteiger partial charge in [0, 0.05) is 0 Å². The Hall–Kier alpha value is -0.820. The quantitative estimate of drug-likeness (QED) is 0.800. The zero-order valence-corrected chi connectivity index (χ0v) is 10.3. The van der Waals surface area contributed by atoms with Crippen molar-refractivity contribution >= 4 is 0 Å². The first kappa shape index (κ1) is 12.3. The average Bonchev–Trinajstić information content (AvgIpc) is 2.27. The van der Waals surface area contributed by atoms with Crippen LogP contribution < -0.4 is 0 Å². The lowest BCUT2D eigenvalue weighted by atomic mass is 9.85. The maximum Gasteiger partial charge on any atom is 0.0868 e. The van der Waals surface area contributed by atoms with E-state index in [0.717, 1.165) is 24.8 Å². The highest BCUT2D eigenvalue weighted by atomic mass is 16.3. The molecule has 1 heteroatoms. The topological polar surface area (TPSA) is 20.2 Å². The molecule has 0 aliphatic rings. The third-order valence-corrected chi connectivity index (χ3v) is 3.28. The van der Waals surface area contributed by atoms with Crippen LogP contribution in [0.3, 0.4) is 0 Å². The van der Waals surface area contributed by atoms with Crippen LogP contribution >= 0.6 is 0 Å². The molecule has 1 N–H and O–H groups in total. The monoisotopic (exact) mass is 206 g/mol. The molecule has 0 aromatic heterocycles. The van der Waals surface area contributed by atoms with Gasteiger partial charge in [0.1, 0.15) is 0 Å². The highest BCUT2D eigenvalue weighted by molar-refractivity contribution is 5.38. The Morgan fingerprint density at radius 2 is 1.80 bits per heavy atom. The molecular formula is C14H22O. The summed E-state index contributed by atoms with van der Waals surface area (Å²) in [6.07, 6.45) is 2.79. The van der Waals surface area contributed by atoms with Gasteiger partial charge in [0.05, 0.1) is 5.60 Å². The first-order valence-electron chi connectivity index (χ1n) is 5.90. The van der Waals surface area contributed by atoms with Crippen LogP contribution in [0.15, 0.2) is 18.2 Å². The van der Waals surface area contributed by atoms with Crippen LogP contribution in [0.4, 0.5) is 0 Å². The fourth-order valence-corrected chi connectivity index (χ4v) is 2.08. The molecule has 1 atom stereocenters. The van der Waals surface area contributed by atoms with Crippen molar-refractivity contribution in [3.63, 3.8) is 0 Å². The number of hydrogen-bond donors (Lipinski definition) is 1. The summed E-state index contributed by atoms with van der Waals surface area (Å²) >= 11 is 0. The Labute approximate surface area is 93.1 Å². The molecule has 1 aromatic rings. The van der Waals surface area contributed by atoms with Crippen LogP contribution in [0.25, 0.3) is 0 Å². The lowest BCUT2D eigenvalue weighted by Crippen LogP contribution is -2.22. The molecule has 0 aliphatic carbocycles. The SMILES string of the molecule is CCc1cccc(C(C)(O)CC)c1CC. The summed E-state index contributed by atoms with van der Waals surface area (Å²) < 4.78 is 0. The third-order valence-electron chi connectivity index (χ3n) is 3.28. The summed E-state index contributed by atoms with van der Waals surface area (Å²) in [6.45, 7) is 8.25. The molecule has 0 aliphatic heterocycles. The maximum absolute atomic E-state index is 10.3. The highest BCUT2D eigenvalue weighted by Crippen LogP contribution is 2.29. The van der Waals surface area contributed by atoms with Crippen LogP contribution in [-0.2, 0) is 18.4 Å². The smallest absolute Gasteiger partial charge is 0.0868 e. The van der Waals surface area contributed by atoms with Gasteiger partial charge in [0.25, 0.3) is 0 Å². The zero-order valence-electron chi connectivity index (χ0n) is 10.3. The Morgan fingerprint density at radius 1 is 1.13 bits per heavy atom. The summed E-state index contributed by atoms with van der Waals surface area (Å²) in [6, 6.07) is 6.27. The van der Waals surface area contributed by atoms with Gasteiger partial charge in [-0.05, 0) is 42.9 Å². The Morgan fingerprint density at radius 3 is 2.27 bits per heavy atom. The van der Waals surface area contributed by atoms with Crippen molar-refractivity contribution < 1.29 is 5.11 Å². The second-order valence-corrected chi connectivity index (χ2v) is 4.28. The van der Waals surface area contributed by atoms with Crippen molar-refractivity contribution in [1.29, 1.82) is 0 Å². The molecular weight excluding hydrogens is 184 g/mol. The first-order chi connectivity index (χ1) is 7.06. The van der Waals surface area contributed by atoms with Crippen molar-refractivity contribution in [2.24, 2.45) is 0 Å². The number of benzene rings is 1. The summed E-state index contributed by atoms with van der Waals surface area (Å²) in [7, 11) is 0. The lowest BCUT2D eigenvalue weighted by molar-refractivity contribution is 0.0521. The van der Waals surface area contributed by atoms with E-state index < -0.39 is 5.60 Å². The summed E-state index contributed by atoms with van der Waals surface area (Å²) in [4.78, 5) is 0. The van der Waals surface area contributed by atoms with E-state index in [-0.39, 0.29) is 0 Å². The largest absolute Gasteiger partial charge is 0.385 e. The van der Waals surface area contributed by atoms with Gasteiger partial charge in [-0.25, -0.2) is 0 Å². The fraction of sp³-hybridized carbons (Fsp3) is 0.571. The molecule has 0 bridgehead atoms. The van der Waals surface area contributed by atoms with E-state index in [4.69, 9.17) is 0 Å². The summed E-state index contributed by atoms with van der Waals surface area (Å²) in [5, 5.41) is 10.3. The fourth-order valence-electron chi connectivity index (χ4n) is 2.08. The second kappa shape index (κ2) is 4.80. The van der Waals surface area contributed by atoms with Crippen molar-refractivity contribution in [2.45, 2.75) is 52.6 Å². The predicted octanol–water partition coefficient (Wildman–Crippen LogP) is 3.43. The Kier molecular flexibility index (Phi) is 3.92. The van der Waals surface area contributed by atoms with Crippen molar-refractivity contribution in [1.82, 2.24) is 0 Å². The number of aryl methyl sites for hydroxylation is 1.